The van der Waals surface area contributed by atoms with Crippen molar-refractivity contribution in [3.05, 3.63) is 24.3 Å². The van der Waals surface area contributed by atoms with Gasteiger partial charge in [-0.15, -0.1) is 0 Å². The van der Waals surface area contributed by atoms with E-state index in [4.69, 9.17) is 0 Å². The molecule has 2 atom stereocenters. The molecule has 0 saturated carbocycles. The van der Waals surface area contributed by atoms with Crippen LogP contribution in [-0.4, -0.2) is 33.6 Å². The van der Waals surface area contributed by atoms with Crippen LogP contribution in [-0.2, 0) is 10.7 Å². The van der Waals surface area contributed by atoms with E-state index < -0.39 is 10.7 Å². The molecular weight excluding hydrogens is 236 g/mol. The number of hydrogen-bond acceptors (Lipinski definition) is 4. The Kier molecular flexibility index (Phi) is 2.80. The minimum absolute atomic E-state index is 0.412. The van der Waals surface area contributed by atoms with Crippen molar-refractivity contribution < 1.29 is 8.42 Å². The van der Waals surface area contributed by atoms with Gasteiger partial charge in [0.05, 0.1) is 4.90 Å². The van der Waals surface area contributed by atoms with Crippen molar-refractivity contribution in [2.75, 3.05) is 18.0 Å². The molecule has 2 unspecified atom stereocenters. The van der Waals surface area contributed by atoms with Crippen LogP contribution in [0.1, 0.15) is 12.8 Å². The fourth-order valence-electron chi connectivity index (χ4n) is 2.97. The van der Waals surface area contributed by atoms with Crippen LogP contribution < -0.4 is 10.2 Å². The number of hydrogen-bond donors (Lipinski definition) is 2. The first kappa shape index (κ1) is 11.0. The van der Waals surface area contributed by atoms with Gasteiger partial charge in [-0.05, 0) is 31.0 Å². The average Bonchev–Trinajstić information content (AvgIpc) is 2.59. The van der Waals surface area contributed by atoms with Gasteiger partial charge in [0, 0.05) is 30.9 Å². The number of anilines is 1. The summed E-state index contributed by atoms with van der Waals surface area (Å²) in [6, 6.07) is 8.33. The predicted octanol–water partition coefficient (Wildman–Crippen LogP) is 0.597. The van der Waals surface area contributed by atoms with Crippen molar-refractivity contribution in [3.8, 4) is 0 Å². The number of benzene rings is 1. The second-order valence-electron chi connectivity index (χ2n) is 4.73. The Morgan fingerprint density at radius 3 is 2.53 bits per heavy atom. The average molecular weight is 252 g/mol. The summed E-state index contributed by atoms with van der Waals surface area (Å²) in [7, 11) is -2.48. The summed E-state index contributed by atoms with van der Waals surface area (Å²) < 4.78 is 22.0. The van der Waals surface area contributed by atoms with Gasteiger partial charge in [0.25, 0.3) is 0 Å². The van der Waals surface area contributed by atoms with Gasteiger partial charge in [0.15, 0.2) is 10.7 Å². The first-order valence-corrected chi connectivity index (χ1v) is 7.17. The maximum Gasteiger partial charge on any atom is 0.168 e. The van der Waals surface area contributed by atoms with Crippen molar-refractivity contribution in [1.29, 1.82) is 0 Å². The fraction of sp³-hybridized carbons (Fsp3) is 0.500. The molecule has 2 aliphatic heterocycles. The molecule has 2 aliphatic rings. The van der Waals surface area contributed by atoms with E-state index in [0.29, 0.717) is 17.0 Å². The maximum atomic E-state index is 11.0. The van der Waals surface area contributed by atoms with Gasteiger partial charge in [-0.1, -0.05) is 6.07 Å². The third-order valence-corrected chi connectivity index (χ3v) is 4.42. The lowest BCUT2D eigenvalue weighted by molar-refractivity contribution is 0.484. The SMILES string of the molecule is O=[SH](=O)c1cccc(N2C3CCC2CNC3)c1. The van der Waals surface area contributed by atoms with Gasteiger partial charge >= 0.3 is 0 Å². The van der Waals surface area contributed by atoms with E-state index in [1.807, 2.05) is 12.1 Å². The highest BCUT2D eigenvalue weighted by atomic mass is 32.2. The van der Waals surface area contributed by atoms with E-state index in [1.165, 1.54) is 12.8 Å². The second kappa shape index (κ2) is 4.31. The molecule has 2 fully saturated rings. The van der Waals surface area contributed by atoms with Crippen LogP contribution in [0.2, 0.25) is 0 Å². The van der Waals surface area contributed by atoms with E-state index >= 15 is 0 Å². The van der Waals surface area contributed by atoms with Gasteiger partial charge in [-0.3, -0.25) is 0 Å². The zero-order chi connectivity index (χ0) is 11.8. The molecule has 17 heavy (non-hydrogen) atoms. The third kappa shape index (κ3) is 1.93. The number of rotatable bonds is 2. The molecule has 0 aromatic heterocycles. The van der Waals surface area contributed by atoms with Gasteiger partial charge < -0.3 is 10.2 Å². The molecule has 3 rings (SSSR count). The molecule has 0 radical (unpaired) electrons. The number of nitrogens with one attached hydrogen (secondary N) is 1. The van der Waals surface area contributed by atoms with Crippen LogP contribution in [0.3, 0.4) is 0 Å². The van der Waals surface area contributed by atoms with E-state index in [0.717, 1.165) is 18.8 Å². The van der Waals surface area contributed by atoms with Gasteiger partial charge in [0.2, 0.25) is 0 Å². The highest BCUT2D eigenvalue weighted by Gasteiger charge is 2.36. The minimum Gasteiger partial charge on any atom is -0.363 e. The molecule has 92 valence electrons. The molecule has 0 aliphatic carbocycles. The molecule has 1 aromatic carbocycles. The lowest BCUT2D eigenvalue weighted by atomic mass is 10.2. The predicted molar refractivity (Wildman–Crippen MR) is 67.2 cm³/mol. The quantitative estimate of drug-likeness (QED) is 0.757. The lowest BCUT2D eigenvalue weighted by Crippen LogP contribution is -2.52. The minimum atomic E-state index is -2.48. The Hall–Kier alpha value is -1.07. The molecule has 2 heterocycles. The second-order valence-corrected chi connectivity index (χ2v) is 5.76. The van der Waals surface area contributed by atoms with Crippen molar-refractivity contribution in [2.24, 2.45) is 0 Å². The van der Waals surface area contributed by atoms with Crippen molar-refractivity contribution in [3.63, 3.8) is 0 Å². The van der Waals surface area contributed by atoms with Crippen molar-refractivity contribution >= 4 is 16.4 Å². The summed E-state index contributed by atoms with van der Waals surface area (Å²) >= 11 is 0. The molecule has 1 aromatic rings. The van der Waals surface area contributed by atoms with E-state index in [1.54, 1.807) is 12.1 Å². The van der Waals surface area contributed by atoms with Crippen LogP contribution in [0, 0.1) is 0 Å². The Bertz CT molecular complexity index is 477. The summed E-state index contributed by atoms with van der Waals surface area (Å²) in [4.78, 5) is 2.80. The zero-order valence-electron chi connectivity index (χ0n) is 9.50. The first-order chi connectivity index (χ1) is 8.25. The van der Waals surface area contributed by atoms with Crippen LogP contribution in [0.5, 0.6) is 0 Å². The smallest absolute Gasteiger partial charge is 0.168 e. The Morgan fingerprint density at radius 1 is 1.18 bits per heavy atom. The highest BCUT2D eigenvalue weighted by Crippen LogP contribution is 2.32. The number of piperazine rings is 1. The normalized spacial score (nSPS) is 27.7. The van der Waals surface area contributed by atoms with E-state index in [-0.39, 0.29) is 0 Å². The molecule has 0 spiro atoms. The molecule has 1 N–H and O–H groups in total. The maximum absolute atomic E-state index is 11.0. The lowest BCUT2D eigenvalue weighted by Gasteiger charge is -2.37. The van der Waals surface area contributed by atoms with Crippen LogP contribution in [0.15, 0.2) is 29.2 Å². The van der Waals surface area contributed by atoms with Gasteiger partial charge in [-0.2, -0.15) is 0 Å². The Balaban J connectivity index is 1.96. The molecule has 4 nitrogen and oxygen atoms in total. The molecule has 2 saturated heterocycles. The third-order valence-electron chi connectivity index (χ3n) is 3.72. The summed E-state index contributed by atoms with van der Waals surface area (Å²) in [5.74, 6) is 0. The van der Waals surface area contributed by atoms with Gasteiger partial charge in [-0.25, -0.2) is 8.42 Å². The summed E-state index contributed by atoms with van der Waals surface area (Å²) in [6.07, 6.45) is 2.40. The Labute approximate surface area is 103 Å². The summed E-state index contributed by atoms with van der Waals surface area (Å²) in [5.41, 5.74) is 1.05. The van der Waals surface area contributed by atoms with Crippen LogP contribution in [0.25, 0.3) is 0 Å². The fourth-order valence-corrected chi connectivity index (χ4v) is 3.41. The van der Waals surface area contributed by atoms with Crippen LogP contribution >= 0.6 is 0 Å². The van der Waals surface area contributed by atoms with Crippen molar-refractivity contribution in [1.82, 2.24) is 5.32 Å². The highest BCUT2D eigenvalue weighted by molar-refractivity contribution is 7.72. The summed E-state index contributed by atoms with van der Waals surface area (Å²) in [6.45, 7) is 2.01. The standard InChI is InChI=1S/C12H16N2O2S/c15-17(16)12-3-1-2-9(6-12)14-10-4-5-11(14)8-13-7-10/h1-3,6,10-11,13,17H,4-5,7-8H2. The van der Waals surface area contributed by atoms with Crippen molar-refractivity contribution in [2.45, 2.75) is 29.8 Å². The van der Waals surface area contributed by atoms with Crippen LogP contribution in [0.4, 0.5) is 5.69 Å². The largest absolute Gasteiger partial charge is 0.363 e. The zero-order valence-corrected chi connectivity index (χ0v) is 10.4. The monoisotopic (exact) mass is 252 g/mol. The number of fused-ring (bicyclic) bond motifs is 2. The Morgan fingerprint density at radius 2 is 1.88 bits per heavy atom. The molecule has 5 heteroatoms. The molecule has 2 bridgehead atoms. The summed E-state index contributed by atoms with van der Waals surface area (Å²) in [5, 5.41) is 3.42. The molecular formula is C12H16N2O2S. The van der Waals surface area contributed by atoms with E-state index in [2.05, 4.69) is 10.2 Å². The number of thiol groups is 1. The topological polar surface area (TPSA) is 49.4 Å². The first-order valence-electron chi connectivity index (χ1n) is 5.99. The number of nitrogens with zero attached hydrogens (tertiary/aromatic N) is 1. The van der Waals surface area contributed by atoms with E-state index in [9.17, 15) is 8.42 Å². The van der Waals surface area contributed by atoms with Gasteiger partial charge in [0.1, 0.15) is 0 Å². The molecule has 0 amide bonds.